The third-order valence-electron chi connectivity index (χ3n) is 3.85. The number of aryl methyl sites for hydroxylation is 1. The van der Waals surface area contributed by atoms with Crippen LogP contribution in [0.2, 0.25) is 0 Å². The van der Waals surface area contributed by atoms with E-state index in [0.29, 0.717) is 0 Å². The number of hydrogen-bond donors (Lipinski definition) is 0. The summed E-state index contributed by atoms with van der Waals surface area (Å²) < 4.78 is 0. The monoisotopic (exact) mass is 212 g/mol. The second-order valence-corrected chi connectivity index (χ2v) is 5.20. The first-order valence-electron chi connectivity index (χ1n) is 5.96. The molecule has 0 nitrogen and oxygen atoms in total. The Morgan fingerprint density at radius 1 is 1.12 bits per heavy atom. The lowest BCUT2D eigenvalue weighted by atomic mass is 9.74. The Bertz CT molecular complexity index is 459. The van der Waals surface area contributed by atoms with Crippen LogP contribution < -0.4 is 0 Å². The van der Waals surface area contributed by atoms with Crippen LogP contribution in [0.3, 0.4) is 0 Å². The van der Waals surface area contributed by atoms with Crippen molar-refractivity contribution < 1.29 is 0 Å². The van der Waals surface area contributed by atoms with Gasteiger partial charge in [0.1, 0.15) is 0 Å². The van der Waals surface area contributed by atoms with E-state index >= 15 is 0 Å². The summed E-state index contributed by atoms with van der Waals surface area (Å²) in [5.74, 6) is 0. The molecule has 0 fully saturated rings. The van der Waals surface area contributed by atoms with Crippen molar-refractivity contribution in [2.45, 2.75) is 39.5 Å². The molecule has 0 atom stereocenters. The minimum atomic E-state index is 0.152. The van der Waals surface area contributed by atoms with Gasteiger partial charge in [0, 0.05) is 5.41 Å². The van der Waals surface area contributed by atoms with Gasteiger partial charge >= 0.3 is 0 Å². The fraction of sp³-hybridized carbons (Fsp3) is 0.375. The summed E-state index contributed by atoms with van der Waals surface area (Å²) in [4.78, 5) is 0. The fourth-order valence-electron chi connectivity index (χ4n) is 2.51. The summed E-state index contributed by atoms with van der Waals surface area (Å²) in [5, 5.41) is 0. The van der Waals surface area contributed by atoms with Crippen LogP contribution in [-0.2, 0) is 5.41 Å². The highest BCUT2D eigenvalue weighted by molar-refractivity contribution is 5.45. The van der Waals surface area contributed by atoms with Crippen LogP contribution in [0.4, 0.5) is 0 Å². The van der Waals surface area contributed by atoms with Gasteiger partial charge in [-0.05, 0) is 37.0 Å². The van der Waals surface area contributed by atoms with E-state index < -0.39 is 0 Å². The summed E-state index contributed by atoms with van der Waals surface area (Å²) in [6.45, 7) is 9.08. The van der Waals surface area contributed by atoms with Crippen molar-refractivity contribution in [3.05, 3.63) is 58.7 Å². The van der Waals surface area contributed by atoms with Gasteiger partial charge in [-0.25, -0.2) is 0 Å². The molecule has 0 bridgehead atoms. The molecule has 1 aromatic rings. The predicted octanol–water partition coefficient (Wildman–Crippen LogP) is 4.47. The molecule has 0 heterocycles. The average Bonchev–Trinajstić information content (AvgIpc) is 2.75. The number of allylic oxidation sites excluding steroid dienone is 4. The molecule has 0 N–H and O–H groups in total. The van der Waals surface area contributed by atoms with Crippen LogP contribution in [0.5, 0.6) is 0 Å². The van der Waals surface area contributed by atoms with Crippen LogP contribution in [0.15, 0.2) is 42.0 Å². The zero-order valence-electron chi connectivity index (χ0n) is 10.7. The lowest BCUT2D eigenvalue weighted by molar-refractivity contribution is 0.608. The molecular weight excluding hydrogens is 192 g/mol. The average molecular weight is 212 g/mol. The highest BCUT2D eigenvalue weighted by Crippen LogP contribution is 2.37. The minimum Gasteiger partial charge on any atom is -0.0804 e. The molecule has 1 aliphatic carbocycles. The Morgan fingerprint density at radius 3 is 2.50 bits per heavy atom. The molecule has 2 rings (SSSR count). The van der Waals surface area contributed by atoms with Gasteiger partial charge in [0.2, 0.25) is 0 Å². The van der Waals surface area contributed by atoms with E-state index in [1.54, 1.807) is 0 Å². The molecule has 0 heteroatoms. The molecule has 0 radical (unpaired) electrons. The van der Waals surface area contributed by atoms with Gasteiger partial charge in [-0.2, -0.15) is 0 Å². The van der Waals surface area contributed by atoms with E-state index in [9.17, 15) is 0 Å². The molecule has 1 aromatic carbocycles. The van der Waals surface area contributed by atoms with Crippen molar-refractivity contribution in [1.29, 1.82) is 0 Å². The van der Waals surface area contributed by atoms with E-state index in [4.69, 9.17) is 0 Å². The first-order chi connectivity index (χ1) is 7.53. The smallest absolute Gasteiger partial charge is 0.0114 e. The number of benzene rings is 1. The van der Waals surface area contributed by atoms with Crippen molar-refractivity contribution in [1.82, 2.24) is 0 Å². The summed E-state index contributed by atoms with van der Waals surface area (Å²) >= 11 is 0. The minimum absolute atomic E-state index is 0.152. The van der Waals surface area contributed by atoms with Crippen LogP contribution >= 0.6 is 0 Å². The first-order valence-corrected chi connectivity index (χ1v) is 5.96. The Balaban J connectivity index is 2.47. The summed E-state index contributed by atoms with van der Waals surface area (Å²) in [6, 6.07) is 6.63. The van der Waals surface area contributed by atoms with Crippen molar-refractivity contribution in [3.63, 3.8) is 0 Å². The van der Waals surface area contributed by atoms with Crippen molar-refractivity contribution >= 4 is 0 Å². The first kappa shape index (κ1) is 11.2. The van der Waals surface area contributed by atoms with E-state index in [-0.39, 0.29) is 5.41 Å². The standard InChI is InChI=1S/C16H20/c1-12-8-7-11-15(13(12)2)16(3,4)14-9-5-6-10-14/h5-9,11H,10H2,1-4H3. The fourth-order valence-corrected chi connectivity index (χ4v) is 2.51. The molecule has 1 aliphatic rings. The van der Waals surface area contributed by atoms with E-state index in [1.165, 1.54) is 22.3 Å². The molecule has 0 spiro atoms. The Morgan fingerprint density at radius 2 is 1.88 bits per heavy atom. The highest BCUT2D eigenvalue weighted by atomic mass is 14.3. The molecule has 0 amide bonds. The zero-order chi connectivity index (χ0) is 11.8. The quantitative estimate of drug-likeness (QED) is 0.678. The Labute approximate surface area is 98.7 Å². The summed E-state index contributed by atoms with van der Waals surface area (Å²) in [5.41, 5.74) is 5.95. The molecule has 84 valence electrons. The molecule has 0 aromatic heterocycles. The SMILES string of the molecule is Cc1cccc(C(C)(C)C2=CC=CC2)c1C. The second-order valence-electron chi connectivity index (χ2n) is 5.20. The van der Waals surface area contributed by atoms with Gasteiger partial charge in [-0.3, -0.25) is 0 Å². The zero-order valence-corrected chi connectivity index (χ0v) is 10.7. The Hall–Kier alpha value is -1.30. The third kappa shape index (κ3) is 1.73. The van der Waals surface area contributed by atoms with Crippen molar-refractivity contribution in [2.24, 2.45) is 0 Å². The van der Waals surface area contributed by atoms with Crippen LogP contribution in [0.1, 0.15) is 37.0 Å². The Kier molecular flexibility index (Phi) is 2.75. The molecule has 16 heavy (non-hydrogen) atoms. The molecule has 0 unspecified atom stereocenters. The number of hydrogen-bond acceptors (Lipinski definition) is 0. The van der Waals surface area contributed by atoms with Crippen molar-refractivity contribution in [2.75, 3.05) is 0 Å². The maximum absolute atomic E-state index is 2.33. The van der Waals surface area contributed by atoms with Gasteiger partial charge in [-0.15, -0.1) is 0 Å². The highest BCUT2D eigenvalue weighted by Gasteiger charge is 2.27. The van der Waals surface area contributed by atoms with Gasteiger partial charge in [0.05, 0.1) is 0 Å². The molecule has 0 saturated carbocycles. The van der Waals surface area contributed by atoms with E-state index in [0.717, 1.165) is 6.42 Å². The molecule has 0 saturated heterocycles. The van der Waals surface area contributed by atoms with Gasteiger partial charge in [0.25, 0.3) is 0 Å². The van der Waals surface area contributed by atoms with Gasteiger partial charge < -0.3 is 0 Å². The second kappa shape index (κ2) is 3.93. The number of rotatable bonds is 2. The molecular formula is C16H20. The van der Waals surface area contributed by atoms with Crippen LogP contribution in [-0.4, -0.2) is 0 Å². The van der Waals surface area contributed by atoms with Crippen LogP contribution in [0.25, 0.3) is 0 Å². The van der Waals surface area contributed by atoms with E-state index in [2.05, 4.69) is 64.1 Å². The maximum atomic E-state index is 2.33. The molecule has 0 aliphatic heterocycles. The third-order valence-corrected chi connectivity index (χ3v) is 3.85. The maximum Gasteiger partial charge on any atom is 0.0114 e. The topological polar surface area (TPSA) is 0 Å². The normalized spacial score (nSPS) is 15.4. The van der Waals surface area contributed by atoms with Crippen molar-refractivity contribution in [3.8, 4) is 0 Å². The van der Waals surface area contributed by atoms with Crippen LogP contribution in [0, 0.1) is 13.8 Å². The summed E-state index contributed by atoms with van der Waals surface area (Å²) in [6.07, 6.45) is 7.77. The summed E-state index contributed by atoms with van der Waals surface area (Å²) in [7, 11) is 0. The largest absolute Gasteiger partial charge is 0.0804 e. The van der Waals surface area contributed by atoms with Gasteiger partial charge in [-0.1, -0.05) is 55.8 Å². The van der Waals surface area contributed by atoms with E-state index in [1.807, 2.05) is 0 Å². The van der Waals surface area contributed by atoms with Gasteiger partial charge in [0.15, 0.2) is 0 Å². The lowest BCUT2D eigenvalue weighted by Crippen LogP contribution is -2.21. The predicted molar refractivity (Wildman–Crippen MR) is 70.8 cm³/mol. The lowest BCUT2D eigenvalue weighted by Gasteiger charge is -2.29.